The maximum Gasteiger partial charge on any atom is -0.0257 e. The van der Waals surface area contributed by atoms with E-state index in [1.165, 1.54) is 12.0 Å². The number of hydrogen-bond acceptors (Lipinski definition) is 0. The first-order valence-corrected chi connectivity index (χ1v) is 4.04. The summed E-state index contributed by atoms with van der Waals surface area (Å²) in [5.41, 5.74) is 1.53. The van der Waals surface area contributed by atoms with Crippen molar-refractivity contribution >= 4 is 0 Å². The van der Waals surface area contributed by atoms with Crippen molar-refractivity contribution in [2.75, 3.05) is 0 Å². The van der Waals surface area contributed by atoms with E-state index >= 15 is 0 Å². The van der Waals surface area contributed by atoms with Gasteiger partial charge in [0, 0.05) is 0 Å². The molecule has 0 unspecified atom stereocenters. The zero-order valence-corrected chi connectivity index (χ0v) is 7.52. The van der Waals surface area contributed by atoms with Crippen molar-refractivity contribution in [1.82, 2.24) is 0 Å². The van der Waals surface area contributed by atoms with Gasteiger partial charge in [0.05, 0.1) is 0 Å². The molecule has 0 aromatic carbocycles. The Morgan fingerprint density at radius 2 is 2.00 bits per heavy atom. The first kappa shape index (κ1) is 9.48. The van der Waals surface area contributed by atoms with Crippen LogP contribution in [0.3, 0.4) is 0 Å². The fraction of sp³-hybridized carbons (Fsp3) is 0.600. The zero-order chi connectivity index (χ0) is 7.98. The van der Waals surface area contributed by atoms with Crippen LogP contribution in [0.15, 0.2) is 23.8 Å². The smallest absolute Gasteiger partial charge is 0.0257 e. The van der Waals surface area contributed by atoms with Crippen LogP contribution < -0.4 is 0 Å². The van der Waals surface area contributed by atoms with Gasteiger partial charge in [0.1, 0.15) is 0 Å². The zero-order valence-electron chi connectivity index (χ0n) is 7.52. The third-order valence-corrected chi connectivity index (χ3v) is 1.65. The van der Waals surface area contributed by atoms with E-state index < -0.39 is 0 Å². The monoisotopic (exact) mass is 138 g/mol. The van der Waals surface area contributed by atoms with Gasteiger partial charge in [-0.2, -0.15) is 0 Å². The molecule has 0 saturated heterocycles. The van der Waals surface area contributed by atoms with Gasteiger partial charge in [-0.05, 0) is 19.3 Å². The van der Waals surface area contributed by atoms with Crippen molar-refractivity contribution in [3.63, 3.8) is 0 Å². The second-order valence-electron chi connectivity index (χ2n) is 2.78. The Morgan fingerprint density at radius 1 is 1.40 bits per heavy atom. The standard InChI is InChI=1S/C10H18/c1-5-7-8-10(6-2)9(3)4/h5,7-9H,6H2,1-4H3/b7-5-,10-8-. The van der Waals surface area contributed by atoms with Crippen molar-refractivity contribution in [2.45, 2.75) is 34.1 Å². The highest BCUT2D eigenvalue weighted by atomic mass is 14.0. The topological polar surface area (TPSA) is 0 Å². The molecule has 0 aliphatic heterocycles. The Morgan fingerprint density at radius 3 is 2.30 bits per heavy atom. The van der Waals surface area contributed by atoms with Crippen LogP contribution in [0.2, 0.25) is 0 Å². The molecule has 0 heteroatoms. The molecule has 0 radical (unpaired) electrons. The second-order valence-corrected chi connectivity index (χ2v) is 2.78. The first-order chi connectivity index (χ1) is 4.72. The molecule has 0 fully saturated rings. The average molecular weight is 138 g/mol. The Hall–Kier alpha value is -0.520. The van der Waals surface area contributed by atoms with Crippen LogP contribution in [0.4, 0.5) is 0 Å². The number of rotatable bonds is 3. The molecule has 0 bridgehead atoms. The quantitative estimate of drug-likeness (QED) is 0.523. The minimum Gasteiger partial charge on any atom is -0.0877 e. The van der Waals surface area contributed by atoms with E-state index in [4.69, 9.17) is 0 Å². The summed E-state index contributed by atoms with van der Waals surface area (Å²) in [6.45, 7) is 8.72. The summed E-state index contributed by atoms with van der Waals surface area (Å²) in [7, 11) is 0. The third-order valence-electron chi connectivity index (χ3n) is 1.65. The van der Waals surface area contributed by atoms with E-state index in [0.717, 1.165) is 0 Å². The van der Waals surface area contributed by atoms with Gasteiger partial charge in [0.2, 0.25) is 0 Å². The van der Waals surface area contributed by atoms with Crippen molar-refractivity contribution in [1.29, 1.82) is 0 Å². The van der Waals surface area contributed by atoms with Crippen LogP contribution in [0.5, 0.6) is 0 Å². The van der Waals surface area contributed by atoms with Crippen LogP contribution >= 0.6 is 0 Å². The van der Waals surface area contributed by atoms with Gasteiger partial charge in [0.25, 0.3) is 0 Å². The van der Waals surface area contributed by atoms with E-state index in [0.29, 0.717) is 5.92 Å². The molecule has 0 rings (SSSR count). The van der Waals surface area contributed by atoms with Crippen LogP contribution in [-0.2, 0) is 0 Å². The van der Waals surface area contributed by atoms with Crippen molar-refractivity contribution < 1.29 is 0 Å². The molecule has 10 heavy (non-hydrogen) atoms. The lowest BCUT2D eigenvalue weighted by Gasteiger charge is -2.06. The van der Waals surface area contributed by atoms with Gasteiger partial charge in [-0.15, -0.1) is 0 Å². The molecule has 0 aliphatic rings. The average Bonchev–Trinajstić information content (AvgIpc) is 1.89. The Labute approximate surface area is 64.6 Å². The molecule has 0 saturated carbocycles. The summed E-state index contributed by atoms with van der Waals surface area (Å²) >= 11 is 0. The van der Waals surface area contributed by atoms with Crippen LogP contribution in [0.25, 0.3) is 0 Å². The molecule has 0 amide bonds. The molecule has 0 nitrogen and oxygen atoms in total. The lowest BCUT2D eigenvalue weighted by Crippen LogP contribution is -1.90. The van der Waals surface area contributed by atoms with Crippen molar-refractivity contribution in [3.8, 4) is 0 Å². The van der Waals surface area contributed by atoms with Gasteiger partial charge >= 0.3 is 0 Å². The second kappa shape index (κ2) is 5.28. The molecule has 0 atom stereocenters. The predicted octanol–water partition coefficient (Wildman–Crippen LogP) is 3.55. The van der Waals surface area contributed by atoms with E-state index in [9.17, 15) is 0 Å². The lowest BCUT2D eigenvalue weighted by atomic mass is 10.0. The van der Waals surface area contributed by atoms with Crippen molar-refractivity contribution in [2.24, 2.45) is 5.92 Å². The van der Waals surface area contributed by atoms with E-state index in [2.05, 4.69) is 39.0 Å². The molecule has 0 aromatic rings. The van der Waals surface area contributed by atoms with E-state index in [1.54, 1.807) is 0 Å². The maximum atomic E-state index is 2.23. The van der Waals surface area contributed by atoms with Crippen LogP contribution in [0, 0.1) is 5.92 Å². The molecular formula is C10H18. The minimum absolute atomic E-state index is 0.696. The maximum absolute atomic E-state index is 2.23. The minimum atomic E-state index is 0.696. The highest BCUT2D eigenvalue weighted by Gasteiger charge is 1.96. The van der Waals surface area contributed by atoms with Crippen LogP contribution in [0.1, 0.15) is 34.1 Å². The van der Waals surface area contributed by atoms with Gasteiger partial charge in [0.15, 0.2) is 0 Å². The molecule has 0 spiro atoms. The summed E-state index contributed by atoms with van der Waals surface area (Å²) in [4.78, 5) is 0. The highest BCUT2D eigenvalue weighted by molar-refractivity contribution is 5.13. The molecule has 0 N–H and O–H groups in total. The van der Waals surface area contributed by atoms with Gasteiger partial charge < -0.3 is 0 Å². The summed E-state index contributed by atoms with van der Waals surface area (Å²) in [5.74, 6) is 0.696. The molecule has 58 valence electrons. The lowest BCUT2D eigenvalue weighted by molar-refractivity contribution is 0.732. The van der Waals surface area contributed by atoms with E-state index in [-0.39, 0.29) is 0 Å². The highest BCUT2D eigenvalue weighted by Crippen LogP contribution is 2.12. The summed E-state index contributed by atoms with van der Waals surface area (Å²) < 4.78 is 0. The molecule has 0 heterocycles. The number of allylic oxidation sites excluding steroid dienone is 4. The molecular weight excluding hydrogens is 120 g/mol. The van der Waals surface area contributed by atoms with E-state index in [1.807, 2.05) is 6.92 Å². The largest absolute Gasteiger partial charge is 0.0877 e. The van der Waals surface area contributed by atoms with Gasteiger partial charge in [-0.25, -0.2) is 0 Å². The summed E-state index contributed by atoms with van der Waals surface area (Å²) in [6.07, 6.45) is 7.56. The van der Waals surface area contributed by atoms with Gasteiger partial charge in [-0.3, -0.25) is 0 Å². The summed E-state index contributed by atoms with van der Waals surface area (Å²) in [5, 5.41) is 0. The SMILES string of the molecule is C/C=C\C=C(\CC)C(C)C. The fourth-order valence-corrected chi connectivity index (χ4v) is 0.938. The third kappa shape index (κ3) is 3.49. The normalized spacial score (nSPS) is 13.5. The molecule has 0 aliphatic carbocycles. The predicted molar refractivity (Wildman–Crippen MR) is 48.0 cm³/mol. The summed E-state index contributed by atoms with van der Waals surface area (Å²) in [6, 6.07) is 0. The van der Waals surface area contributed by atoms with Crippen LogP contribution in [-0.4, -0.2) is 0 Å². The number of hydrogen-bond donors (Lipinski definition) is 0. The fourth-order valence-electron chi connectivity index (χ4n) is 0.938. The van der Waals surface area contributed by atoms with Gasteiger partial charge in [-0.1, -0.05) is 44.6 Å². The first-order valence-electron chi connectivity index (χ1n) is 4.04. The van der Waals surface area contributed by atoms with Crippen molar-refractivity contribution in [3.05, 3.63) is 23.8 Å². The Kier molecular flexibility index (Phi) is 5.00. The molecule has 0 aromatic heterocycles. The Balaban J connectivity index is 4.04. The Bertz CT molecular complexity index is 127.